The summed E-state index contributed by atoms with van der Waals surface area (Å²) in [4.78, 5) is 0. The summed E-state index contributed by atoms with van der Waals surface area (Å²) in [6.07, 6.45) is -4.69. The molecule has 1 atom stereocenters. The van der Waals surface area contributed by atoms with E-state index in [1.807, 2.05) is 13.8 Å². The number of hydrogen-bond donors (Lipinski definition) is 2. The van der Waals surface area contributed by atoms with Gasteiger partial charge in [0, 0.05) is 0 Å². The van der Waals surface area contributed by atoms with Gasteiger partial charge in [0.2, 0.25) is 0 Å². The summed E-state index contributed by atoms with van der Waals surface area (Å²) < 4.78 is 39.8. The molecule has 0 spiro atoms. The molecule has 0 aliphatic rings. The van der Waals surface area contributed by atoms with Crippen LogP contribution >= 0.6 is 0 Å². The number of alkyl halides is 3. The first kappa shape index (κ1) is 15.8. The molecule has 6 heteroatoms. The quantitative estimate of drug-likeness (QED) is 0.840. The standard InChI is InChI=1S/C13H18F3NO2/c1-9(2)7-17-12(8-18)10-3-5-11(6-4-10)19-13(14,15)16/h3-6,9,12,17-18H,7-8H2,1-2H3. The van der Waals surface area contributed by atoms with Crippen LogP contribution in [0.1, 0.15) is 25.5 Å². The molecule has 3 nitrogen and oxygen atoms in total. The lowest BCUT2D eigenvalue weighted by Crippen LogP contribution is -2.27. The summed E-state index contributed by atoms with van der Waals surface area (Å²) in [5.41, 5.74) is 0.720. The Morgan fingerprint density at radius 2 is 1.79 bits per heavy atom. The number of aliphatic hydroxyl groups excluding tert-OH is 1. The van der Waals surface area contributed by atoms with Gasteiger partial charge in [-0.1, -0.05) is 26.0 Å². The number of hydrogen-bond acceptors (Lipinski definition) is 3. The molecule has 0 aliphatic carbocycles. The fraction of sp³-hybridized carbons (Fsp3) is 0.538. The molecule has 1 rings (SSSR count). The zero-order valence-electron chi connectivity index (χ0n) is 10.9. The van der Waals surface area contributed by atoms with Crippen molar-refractivity contribution in [1.29, 1.82) is 0 Å². The number of aliphatic hydroxyl groups is 1. The molecule has 1 unspecified atom stereocenters. The third kappa shape index (κ3) is 5.94. The third-order valence-electron chi connectivity index (χ3n) is 2.47. The summed E-state index contributed by atoms with van der Waals surface area (Å²) in [6, 6.07) is 5.21. The summed E-state index contributed by atoms with van der Waals surface area (Å²) >= 11 is 0. The van der Waals surface area contributed by atoms with E-state index in [0.29, 0.717) is 12.5 Å². The Labute approximate surface area is 110 Å². The van der Waals surface area contributed by atoms with Gasteiger partial charge in [-0.3, -0.25) is 0 Å². The molecule has 0 saturated heterocycles. The Balaban J connectivity index is 2.67. The molecular formula is C13H18F3NO2. The summed E-state index contributed by atoms with van der Waals surface area (Å²) in [7, 11) is 0. The molecule has 1 aromatic rings. The van der Waals surface area contributed by atoms with Crippen molar-refractivity contribution in [2.45, 2.75) is 26.3 Å². The van der Waals surface area contributed by atoms with Crippen LogP contribution in [0.5, 0.6) is 5.75 Å². The minimum atomic E-state index is -4.69. The maximum absolute atomic E-state index is 12.0. The molecule has 2 N–H and O–H groups in total. The zero-order chi connectivity index (χ0) is 14.5. The minimum absolute atomic E-state index is 0.119. The van der Waals surface area contributed by atoms with Gasteiger partial charge in [-0.05, 0) is 30.2 Å². The molecule has 0 saturated carbocycles. The van der Waals surface area contributed by atoms with Crippen LogP contribution in [-0.2, 0) is 0 Å². The van der Waals surface area contributed by atoms with E-state index in [2.05, 4.69) is 10.1 Å². The van der Waals surface area contributed by atoms with Crippen molar-refractivity contribution in [1.82, 2.24) is 5.32 Å². The topological polar surface area (TPSA) is 41.5 Å². The highest BCUT2D eigenvalue weighted by Gasteiger charge is 2.31. The molecule has 0 bridgehead atoms. The van der Waals surface area contributed by atoms with E-state index in [-0.39, 0.29) is 18.4 Å². The molecule has 0 aromatic heterocycles. The number of nitrogens with one attached hydrogen (secondary N) is 1. The van der Waals surface area contributed by atoms with E-state index in [4.69, 9.17) is 0 Å². The first-order valence-corrected chi connectivity index (χ1v) is 6.01. The lowest BCUT2D eigenvalue weighted by Gasteiger charge is -2.18. The monoisotopic (exact) mass is 277 g/mol. The molecule has 1 aromatic carbocycles. The number of halogens is 3. The Hall–Kier alpha value is -1.27. The first-order valence-electron chi connectivity index (χ1n) is 6.01. The molecule has 0 radical (unpaired) electrons. The van der Waals surface area contributed by atoms with Crippen LogP contribution in [-0.4, -0.2) is 24.6 Å². The van der Waals surface area contributed by atoms with E-state index < -0.39 is 6.36 Å². The van der Waals surface area contributed by atoms with Gasteiger partial charge in [0.05, 0.1) is 12.6 Å². The van der Waals surface area contributed by atoms with Gasteiger partial charge in [0.25, 0.3) is 0 Å². The lowest BCUT2D eigenvalue weighted by atomic mass is 10.1. The SMILES string of the molecule is CC(C)CNC(CO)c1ccc(OC(F)(F)F)cc1. The van der Waals surface area contributed by atoms with Crippen molar-refractivity contribution in [3.8, 4) is 5.75 Å². The van der Waals surface area contributed by atoms with E-state index in [1.165, 1.54) is 24.3 Å². The van der Waals surface area contributed by atoms with Gasteiger partial charge in [-0.25, -0.2) is 0 Å². The number of rotatable bonds is 6. The second-order valence-corrected chi connectivity index (χ2v) is 4.65. The molecule has 0 heterocycles. The average molecular weight is 277 g/mol. The van der Waals surface area contributed by atoms with Crippen molar-refractivity contribution >= 4 is 0 Å². The largest absolute Gasteiger partial charge is 0.573 e. The van der Waals surface area contributed by atoms with Gasteiger partial charge in [-0.2, -0.15) is 0 Å². The third-order valence-corrected chi connectivity index (χ3v) is 2.47. The van der Waals surface area contributed by atoms with Gasteiger partial charge in [0.15, 0.2) is 0 Å². The number of benzene rings is 1. The summed E-state index contributed by atoms with van der Waals surface area (Å²) in [5.74, 6) is 0.152. The predicted molar refractivity (Wildman–Crippen MR) is 65.8 cm³/mol. The molecule has 0 fully saturated rings. The van der Waals surface area contributed by atoms with Crippen molar-refractivity contribution in [3.05, 3.63) is 29.8 Å². The van der Waals surface area contributed by atoms with E-state index in [1.54, 1.807) is 0 Å². The van der Waals surface area contributed by atoms with Crippen LogP contribution in [0.2, 0.25) is 0 Å². The second kappa shape index (κ2) is 6.77. The van der Waals surface area contributed by atoms with Crippen LogP contribution in [0.25, 0.3) is 0 Å². The Morgan fingerprint density at radius 3 is 2.21 bits per heavy atom. The van der Waals surface area contributed by atoms with Crippen LogP contribution in [0, 0.1) is 5.92 Å². The first-order chi connectivity index (χ1) is 8.81. The molecule has 19 heavy (non-hydrogen) atoms. The minimum Gasteiger partial charge on any atom is -0.406 e. The Kier molecular flexibility index (Phi) is 5.62. The molecule has 108 valence electrons. The van der Waals surface area contributed by atoms with Crippen molar-refractivity contribution < 1.29 is 23.0 Å². The van der Waals surface area contributed by atoms with Gasteiger partial charge < -0.3 is 15.2 Å². The van der Waals surface area contributed by atoms with Crippen LogP contribution < -0.4 is 10.1 Å². The predicted octanol–water partition coefficient (Wildman–Crippen LogP) is 2.86. The zero-order valence-corrected chi connectivity index (χ0v) is 10.9. The van der Waals surface area contributed by atoms with Crippen LogP contribution in [0.3, 0.4) is 0 Å². The van der Waals surface area contributed by atoms with E-state index in [9.17, 15) is 18.3 Å². The average Bonchev–Trinajstić information content (AvgIpc) is 2.29. The van der Waals surface area contributed by atoms with Crippen LogP contribution in [0.15, 0.2) is 24.3 Å². The van der Waals surface area contributed by atoms with Gasteiger partial charge >= 0.3 is 6.36 Å². The van der Waals surface area contributed by atoms with Gasteiger partial charge in [0.1, 0.15) is 5.75 Å². The van der Waals surface area contributed by atoms with E-state index in [0.717, 1.165) is 5.56 Å². The molecule has 0 aliphatic heterocycles. The summed E-state index contributed by atoms with van der Waals surface area (Å²) in [6.45, 7) is 4.65. The fourth-order valence-corrected chi connectivity index (χ4v) is 1.57. The maximum Gasteiger partial charge on any atom is 0.573 e. The van der Waals surface area contributed by atoms with Crippen molar-refractivity contribution in [3.63, 3.8) is 0 Å². The van der Waals surface area contributed by atoms with Crippen molar-refractivity contribution in [2.75, 3.05) is 13.2 Å². The normalized spacial score (nSPS) is 13.6. The van der Waals surface area contributed by atoms with E-state index >= 15 is 0 Å². The number of ether oxygens (including phenoxy) is 1. The molecule has 0 amide bonds. The Morgan fingerprint density at radius 1 is 1.21 bits per heavy atom. The fourth-order valence-electron chi connectivity index (χ4n) is 1.57. The highest BCUT2D eigenvalue weighted by Crippen LogP contribution is 2.24. The van der Waals surface area contributed by atoms with Gasteiger partial charge in [-0.15, -0.1) is 13.2 Å². The lowest BCUT2D eigenvalue weighted by molar-refractivity contribution is -0.274. The molecular weight excluding hydrogens is 259 g/mol. The smallest absolute Gasteiger partial charge is 0.406 e. The Bertz CT molecular complexity index is 376. The highest BCUT2D eigenvalue weighted by molar-refractivity contribution is 5.29. The summed E-state index contributed by atoms with van der Waals surface area (Å²) in [5, 5.41) is 12.4. The maximum atomic E-state index is 12.0. The second-order valence-electron chi connectivity index (χ2n) is 4.65. The highest BCUT2D eigenvalue weighted by atomic mass is 19.4. The van der Waals surface area contributed by atoms with Crippen molar-refractivity contribution in [2.24, 2.45) is 5.92 Å². The van der Waals surface area contributed by atoms with Crippen LogP contribution in [0.4, 0.5) is 13.2 Å².